The molecule has 0 bridgehead atoms. The number of nitriles is 1. The summed E-state index contributed by atoms with van der Waals surface area (Å²) in [7, 11) is 1.47. The number of methoxy groups -OCH3 is 1. The summed E-state index contributed by atoms with van der Waals surface area (Å²) in [4.78, 5) is 0. The van der Waals surface area contributed by atoms with Crippen LogP contribution in [0.3, 0.4) is 0 Å². The Morgan fingerprint density at radius 2 is 2.17 bits per heavy atom. The molecular weight excluding hydrogens is 242 g/mol. The molecule has 0 saturated heterocycles. The Kier molecular flexibility index (Phi) is 5.49. The van der Waals surface area contributed by atoms with E-state index in [1.54, 1.807) is 6.07 Å². The van der Waals surface area contributed by atoms with Crippen LogP contribution in [0.2, 0.25) is 0 Å². The van der Waals surface area contributed by atoms with Crippen LogP contribution in [-0.2, 0) is 4.74 Å². The predicted octanol–water partition coefficient (Wildman–Crippen LogP) is 1.65. The summed E-state index contributed by atoms with van der Waals surface area (Å²) in [5.41, 5.74) is -0.398. The van der Waals surface area contributed by atoms with Crippen molar-refractivity contribution in [1.29, 1.82) is 5.26 Å². The van der Waals surface area contributed by atoms with E-state index in [0.29, 0.717) is 6.42 Å². The first kappa shape index (κ1) is 14.4. The molecule has 0 spiro atoms. The lowest BCUT2D eigenvalue weighted by molar-refractivity contribution is 0.170. The molecule has 1 unspecified atom stereocenters. The van der Waals surface area contributed by atoms with Crippen molar-refractivity contribution in [3.63, 3.8) is 0 Å². The third kappa shape index (κ3) is 3.39. The van der Waals surface area contributed by atoms with Crippen molar-refractivity contribution in [2.75, 3.05) is 25.6 Å². The lowest BCUT2D eigenvalue weighted by Crippen LogP contribution is -2.26. The van der Waals surface area contributed by atoms with Crippen LogP contribution in [0.15, 0.2) is 12.1 Å². The number of halogens is 2. The van der Waals surface area contributed by atoms with Crippen molar-refractivity contribution in [3.05, 3.63) is 29.3 Å². The van der Waals surface area contributed by atoms with Gasteiger partial charge in [0.2, 0.25) is 0 Å². The number of anilines is 1. The lowest BCUT2D eigenvalue weighted by Gasteiger charge is -2.18. The average molecular weight is 256 g/mol. The van der Waals surface area contributed by atoms with E-state index in [0.717, 1.165) is 0 Å². The zero-order chi connectivity index (χ0) is 13.5. The van der Waals surface area contributed by atoms with E-state index in [-0.39, 0.29) is 30.5 Å². The van der Waals surface area contributed by atoms with Gasteiger partial charge in [-0.3, -0.25) is 0 Å². The van der Waals surface area contributed by atoms with E-state index >= 15 is 0 Å². The number of nitrogens with one attached hydrogen (secondary N) is 1. The largest absolute Gasteiger partial charge is 0.396 e. The first-order valence-electron chi connectivity index (χ1n) is 5.38. The molecule has 6 heteroatoms. The summed E-state index contributed by atoms with van der Waals surface area (Å²) in [6.07, 6.45) is 0.342. The van der Waals surface area contributed by atoms with Crippen LogP contribution in [0.5, 0.6) is 0 Å². The number of hydrogen-bond donors (Lipinski definition) is 2. The van der Waals surface area contributed by atoms with Crippen LogP contribution in [0.25, 0.3) is 0 Å². The van der Waals surface area contributed by atoms with Gasteiger partial charge in [0.1, 0.15) is 6.07 Å². The van der Waals surface area contributed by atoms with E-state index in [4.69, 9.17) is 15.1 Å². The van der Waals surface area contributed by atoms with Crippen LogP contribution in [0.4, 0.5) is 14.5 Å². The number of rotatable bonds is 6. The monoisotopic (exact) mass is 256 g/mol. The van der Waals surface area contributed by atoms with Gasteiger partial charge in [-0.1, -0.05) is 0 Å². The molecule has 0 aliphatic carbocycles. The summed E-state index contributed by atoms with van der Waals surface area (Å²) in [5, 5.41) is 20.1. The topological polar surface area (TPSA) is 65.3 Å². The minimum absolute atomic E-state index is 0.0537. The smallest absolute Gasteiger partial charge is 0.183 e. The van der Waals surface area contributed by atoms with Crippen molar-refractivity contribution in [2.45, 2.75) is 12.5 Å². The van der Waals surface area contributed by atoms with Gasteiger partial charge in [-0.25, -0.2) is 8.78 Å². The molecule has 2 N–H and O–H groups in total. The van der Waals surface area contributed by atoms with Crippen LogP contribution in [0.1, 0.15) is 12.0 Å². The second kappa shape index (κ2) is 6.89. The fraction of sp³-hybridized carbons (Fsp3) is 0.417. The van der Waals surface area contributed by atoms with E-state index in [9.17, 15) is 8.78 Å². The molecule has 1 rings (SSSR count). The van der Waals surface area contributed by atoms with E-state index in [2.05, 4.69) is 5.32 Å². The number of benzene rings is 1. The third-order valence-corrected chi connectivity index (χ3v) is 2.41. The Morgan fingerprint density at radius 3 is 2.72 bits per heavy atom. The van der Waals surface area contributed by atoms with Crippen LogP contribution < -0.4 is 5.32 Å². The van der Waals surface area contributed by atoms with Crippen LogP contribution >= 0.6 is 0 Å². The minimum Gasteiger partial charge on any atom is -0.396 e. The number of ether oxygens (including phenoxy) is 1. The van der Waals surface area contributed by atoms with E-state index < -0.39 is 11.6 Å². The zero-order valence-electron chi connectivity index (χ0n) is 9.91. The molecule has 0 amide bonds. The predicted molar refractivity (Wildman–Crippen MR) is 62.1 cm³/mol. The highest BCUT2D eigenvalue weighted by Crippen LogP contribution is 2.21. The van der Waals surface area contributed by atoms with Gasteiger partial charge >= 0.3 is 0 Å². The van der Waals surface area contributed by atoms with E-state index in [1.807, 2.05) is 0 Å². The average Bonchev–Trinajstić information content (AvgIpc) is 2.36. The quantitative estimate of drug-likeness (QED) is 0.812. The van der Waals surface area contributed by atoms with Crippen molar-refractivity contribution in [1.82, 2.24) is 0 Å². The van der Waals surface area contributed by atoms with Gasteiger partial charge in [-0.05, 0) is 18.6 Å². The van der Waals surface area contributed by atoms with Gasteiger partial charge in [-0.15, -0.1) is 0 Å². The normalized spacial score (nSPS) is 11.9. The molecule has 1 atom stereocenters. The highest BCUT2D eigenvalue weighted by molar-refractivity contribution is 5.50. The zero-order valence-corrected chi connectivity index (χ0v) is 9.91. The second-order valence-electron chi connectivity index (χ2n) is 3.71. The molecule has 0 aliphatic rings. The summed E-state index contributed by atoms with van der Waals surface area (Å²) in [6, 6.07) is 3.71. The maximum atomic E-state index is 13.6. The summed E-state index contributed by atoms with van der Waals surface area (Å²) < 4.78 is 31.9. The number of nitrogens with zero attached hydrogens (tertiary/aromatic N) is 1. The maximum Gasteiger partial charge on any atom is 0.183 e. The van der Waals surface area contributed by atoms with Gasteiger partial charge in [0, 0.05) is 13.7 Å². The van der Waals surface area contributed by atoms with Crippen molar-refractivity contribution < 1.29 is 18.6 Å². The maximum absolute atomic E-state index is 13.6. The highest BCUT2D eigenvalue weighted by Gasteiger charge is 2.16. The SMILES string of the molecule is COCC(CCO)Nc1ccc(C#N)c(F)c1F. The molecule has 0 heterocycles. The van der Waals surface area contributed by atoms with Crippen molar-refractivity contribution in [2.24, 2.45) is 0 Å². The molecular formula is C12H14F2N2O2. The first-order chi connectivity index (χ1) is 8.63. The third-order valence-electron chi connectivity index (χ3n) is 2.41. The van der Waals surface area contributed by atoms with Gasteiger partial charge in [0.25, 0.3) is 0 Å². The molecule has 0 aliphatic heterocycles. The van der Waals surface area contributed by atoms with Crippen LogP contribution in [0, 0.1) is 23.0 Å². The highest BCUT2D eigenvalue weighted by atomic mass is 19.2. The molecule has 0 aromatic heterocycles. The molecule has 0 radical (unpaired) electrons. The molecule has 0 saturated carbocycles. The van der Waals surface area contributed by atoms with Gasteiger partial charge < -0.3 is 15.2 Å². The van der Waals surface area contributed by atoms with Gasteiger partial charge in [0.05, 0.1) is 23.9 Å². The molecule has 98 valence electrons. The standard InChI is InChI=1S/C12H14F2N2O2/c1-18-7-9(4-5-17)16-10-3-2-8(6-15)11(13)12(10)14/h2-3,9,16-17H,4-5,7H2,1H3. The Balaban J connectivity index is 2.90. The first-order valence-corrected chi connectivity index (χ1v) is 5.38. The molecule has 0 fully saturated rings. The van der Waals surface area contributed by atoms with E-state index in [1.165, 1.54) is 19.2 Å². The van der Waals surface area contributed by atoms with Gasteiger partial charge in [0.15, 0.2) is 11.6 Å². The van der Waals surface area contributed by atoms with Crippen molar-refractivity contribution >= 4 is 5.69 Å². The fourth-order valence-corrected chi connectivity index (χ4v) is 1.52. The lowest BCUT2D eigenvalue weighted by atomic mass is 10.1. The number of hydrogen-bond acceptors (Lipinski definition) is 4. The Hall–Kier alpha value is -1.71. The Morgan fingerprint density at radius 1 is 1.44 bits per heavy atom. The molecule has 18 heavy (non-hydrogen) atoms. The number of aliphatic hydroxyl groups excluding tert-OH is 1. The fourth-order valence-electron chi connectivity index (χ4n) is 1.52. The molecule has 1 aromatic rings. The second-order valence-corrected chi connectivity index (χ2v) is 3.71. The molecule has 1 aromatic carbocycles. The van der Waals surface area contributed by atoms with Crippen LogP contribution in [-0.4, -0.2) is 31.5 Å². The summed E-state index contributed by atoms with van der Waals surface area (Å²) in [5.74, 6) is -2.28. The summed E-state index contributed by atoms with van der Waals surface area (Å²) >= 11 is 0. The Bertz CT molecular complexity index is 440. The number of aliphatic hydroxyl groups is 1. The van der Waals surface area contributed by atoms with Crippen molar-refractivity contribution in [3.8, 4) is 6.07 Å². The summed E-state index contributed by atoms with van der Waals surface area (Å²) in [6.45, 7) is 0.156. The molecule has 4 nitrogen and oxygen atoms in total. The minimum atomic E-state index is -1.18. The van der Waals surface area contributed by atoms with Gasteiger partial charge in [-0.2, -0.15) is 5.26 Å². The Labute approximate surface area is 104 Å².